The van der Waals surface area contributed by atoms with E-state index in [4.69, 9.17) is 5.26 Å². The SMILES string of the molecule is CC(C)(C)c1csc(N=C=O)c1C#N. The Balaban J connectivity index is 3.37. The van der Waals surface area contributed by atoms with Crippen LogP contribution in [0.25, 0.3) is 0 Å². The van der Waals surface area contributed by atoms with Crippen molar-refractivity contribution in [3.8, 4) is 6.07 Å². The van der Waals surface area contributed by atoms with Gasteiger partial charge in [-0.2, -0.15) is 10.3 Å². The molecule has 0 atom stereocenters. The number of thiophene rings is 1. The fourth-order valence-corrected chi connectivity index (χ4v) is 2.20. The largest absolute Gasteiger partial charge is 0.241 e. The molecule has 1 heterocycles. The van der Waals surface area contributed by atoms with Crippen LogP contribution in [0.4, 0.5) is 5.00 Å². The smallest absolute Gasteiger partial charge is 0.211 e. The molecular weight excluding hydrogens is 196 g/mol. The lowest BCUT2D eigenvalue weighted by molar-refractivity contribution is 0.565. The van der Waals surface area contributed by atoms with E-state index in [0.717, 1.165) is 5.56 Å². The molecule has 0 N–H and O–H groups in total. The third kappa shape index (κ3) is 1.90. The number of aliphatic imine (C=N–C) groups is 1. The van der Waals surface area contributed by atoms with E-state index in [2.05, 4.69) is 11.1 Å². The molecule has 4 heteroatoms. The highest BCUT2D eigenvalue weighted by Gasteiger charge is 2.22. The summed E-state index contributed by atoms with van der Waals surface area (Å²) in [5.74, 6) is 0. The predicted molar refractivity (Wildman–Crippen MR) is 55.5 cm³/mol. The van der Waals surface area contributed by atoms with E-state index in [1.807, 2.05) is 26.2 Å². The lowest BCUT2D eigenvalue weighted by Gasteiger charge is -2.16. The molecule has 0 radical (unpaired) electrons. The van der Waals surface area contributed by atoms with Gasteiger partial charge in [-0.25, -0.2) is 4.79 Å². The van der Waals surface area contributed by atoms with Crippen LogP contribution in [0, 0.1) is 11.3 Å². The van der Waals surface area contributed by atoms with E-state index in [1.54, 1.807) is 0 Å². The molecule has 0 aliphatic heterocycles. The van der Waals surface area contributed by atoms with Crippen LogP contribution < -0.4 is 0 Å². The second-order valence-electron chi connectivity index (χ2n) is 3.89. The molecular formula is C10H10N2OS. The molecule has 0 unspecified atom stereocenters. The minimum absolute atomic E-state index is 0.0990. The molecule has 1 rings (SSSR count). The minimum Gasteiger partial charge on any atom is -0.211 e. The number of carbonyl (C=O) groups excluding carboxylic acids is 1. The van der Waals surface area contributed by atoms with E-state index in [1.165, 1.54) is 17.4 Å². The molecule has 14 heavy (non-hydrogen) atoms. The standard InChI is InChI=1S/C10H10N2OS/c1-10(2,3)8-5-14-9(12-6-13)7(8)4-11/h5H,1-3H3. The fourth-order valence-electron chi connectivity index (χ4n) is 1.13. The molecule has 0 bridgehead atoms. The van der Waals surface area contributed by atoms with Gasteiger partial charge in [0.2, 0.25) is 6.08 Å². The summed E-state index contributed by atoms with van der Waals surface area (Å²) in [5, 5.41) is 11.3. The van der Waals surface area contributed by atoms with Crippen LogP contribution in [0.5, 0.6) is 0 Å². The molecule has 0 saturated heterocycles. The molecule has 0 aliphatic carbocycles. The summed E-state index contributed by atoms with van der Waals surface area (Å²) in [6.07, 6.45) is 1.46. The first kappa shape index (κ1) is 10.6. The summed E-state index contributed by atoms with van der Waals surface area (Å²) >= 11 is 1.30. The van der Waals surface area contributed by atoms with Gasteiger partial charge < -0.3 is 0 Å². The van der Waals surface area contributed by atoms with E-state index < -0.39 is 0 Å². The first-order valence-electron chi connectivity index (χ1n) is 4.10. The van der Waals surface area contributed by atoms with Crippen LogP contribution in [0.15, 0.2) is 10.4 Å². The second kappa shape index (κ2) is 3.75. The van der Waals surface area contributed by atoms with Crippen molar-refractivity contribution < 1.29 is 4.79 Å². The Morgan fingerprint density at radius 3 is 2.57 bits per heavy atom. The van der Waals surface area contributed by atoms with Crippen molar-refractivity contribution in [2.45, 2.75) is 26.2 Å². The Bertz CT molecular complexity index is 428. The summed E-state index contributed by atoms with van der Waals surface area (Å²) in [6, 6.07) is 2.07. The number of hydrogen-bond donors (Lipinski definition) is 0. The summed E-state index contributed by atoms with van der Waals surface area (Å²) in [7, 11) is 0. The predicted octanol–water partition coefficient (Wildman–Crippen LogP) is 2.88. The van der Waals surface area contributed by atoms with Gasteiger partial charge in [0.25, 0.3) is 0 Å². The molecule has 0 amide bonds. The highest BCUT2D eigenvalue weighted by molar-refractivity contribution is 7.14. The normalized spacial score (nSPS) is 10.4. The third-order valence-corrected chi connectivity index (χ3v) is 2.71. The van der Waals surface area contributed by atoms with E-state index in [-0.39, 0.29) is 5.41 Å². The zero-order valence-electron chi connectivity index (χ0n) is 8.29. The second-order valence-corrected chi connectivity index (χ2v) is 4.75. The van der Waals surface area contributed by atoms with Crippen molar-refractivity contribution in [2.75, 3.05) is 0 Å². The fraction of sp³-hybridized carbons (Fsp3) is 0.400. The van der Waals surface area contributed by atoms with Crippen molar-refractivity contribution in [3.63, 3.8) is 0 Å². The molecule has 1 aromatic heterocycles. The number of hydrogen-bond acceptors (Lipinski definition) is 4. The van der Waals surface area contributed by atoms with Crippen molar-refractivity contribution in [3.05, 3.63) is 16.5 Å². The summed E-state index contributed by atoms with van der Waals surface area (Å²) < 4.78 is 0. The quantitative estimate of drug-likeness (QED) is 0.524. The van der Waals surface area contributed by atoms with Gasteiger partial charge in [-0.3, -0.25) is 0 Å². The van der Waals surface area contributed by atoms with E-state index >= 15 is 0 Å². The number of isocyanates is 1. The van der Waals surface area contributed by atoms with Crippen molar-refractivity contribution in [2.24, 2.45) is 4.99 Å². The zero-order valence-corrected chi connectivity index (χ0v) is 9.10. The molecule has 0 aliphatic rings. The Hall–Kier alpha value is -1.43. The average molecular weight is 206 g/mol. The third-order valence-electron chi connectivity index (χ3n) is 1.84. The lowest BCUT2D eigenvalue weighted by Crippen LogP contribution is -2.11. The Labute approximate surface area is 86.7 Å². The van der Waals surface area contributed by atoms with Crippen LogP contribution >= 0.6 is 11.3 Å². The van der Waals surface area contributed by atoms with Gasteiger partial charge in [-0.1, -0.05) is 20.8 Å². The van der Waals surface area contributed by atoms with Gasteiger partial charge in [-0.05, 0) is 16.4 Å². The maximum Gasteiger partial charge on any atom is 0.241 e. The van der Waals surface area contributed by atoms with Gasteiger partial charge in [0.15, 0.2) is 0 Å². The van der Waals surface area contributed by atoms with E-state index in [0.29, 0.717) is 10.6 Å². The molecule has 3 nitrogen and oxygen atoms in total. The Morgan fingerprint density at radius 2 is 2.14 bits per heavy atom. The summed E-state index contributed by atoms with van der Waals surface area (Å²) in [4.78, 5) is 13.6. The van der Waals surface area contributed by atoms with Gasteiger partial charge in [0.05, 0.1) is 5.56 Å². The van der Waals surface area contributed by atoms with Crippen molar-refractivity contribution in [1.82, 2.24) is 0 Å². The number of nitrogens with zero attached hydrogens (tertiary/aromatic N) is 2. The average Bonchev–Trinajstić information content (AvgIpc) is 2.47. The molecule has 0 spiro atoms. The van der Waals surface area contributed by atoms with Gasteiger partial charge in [0.1, 0.15) is 11.1 Å². The summed E-state index contributed by atoms with van der Waals surface area (Å²) in [5.41, 5.74) is 1.32. The summed E-state index contributed by atoms with van der Waals surface area (Å²) in [6.45, 7) is 6.05. The molecule has 0 saturated carbocycles. The minimum atomic E-state index is -0.0990. The van der Waals surface area contributed by atoms with Crippen molar-refractivity contribution >= 4 is 22.4 Å². The maximum absolute atomic E-state index is 10.1. The molecule has 1 aromatic rings. The van der Waals surface area contributed by atoms with Gasteiger partial charge in [0, 0.05) is 0 Å². The van der Waals surface area contributed by atoms with E-state index in [9.17, 15) is 4.79 Å². The monoisotopic (exact) mass is 206 g/mol. The highest BCUT2D eigenvalue weighted by Crippen LogP contribution is 2.36. The van der Waals surface area contributed by atoms with Crippen LogP contribution in [-0.4, -0.2) is 6.08 Å². The highest BCUT2D eigenvalue weighted by atomic mass is 32.1. The van der Waals surface area contributed by atoms with Crippen LogP contribution in [0.1, 0.15) is 31.9 Å². The maximum atomic E-state index is 10.1. The zero-order chi connectivity index (χ0) is 10.8. The van der Waals surface area contributed by atoms with Crippen molar-refractivity contribution in [1.29, 1.82) is 5.26 Å². The first-order chi connectivity index (χ1) is 6.50. The van der Waals surface area contributed by atoms with Crippen LogP contribution in [-0.2, 0) is 10.2 Å². The van der Waals surface area contributed by atoms with Gasteiger partial charge >= 0.3 is 0 Å². The molecule has 0 aromatic carbocycles. The van der Waals surface area contributed by atoms with Crippen LogP contribution in [0.2, 0.25) is 0 Å². The Morgan fingerprint density at radius 1 is 1.50 bits per heavy atom. The molecule has 0 fully saturated rings. The van der Waals surface area contributed by atoms with Gasteiger partial charge in [-0.15, -0.1) is 11.3 Å². The lowest BCUT2D eigenvalue weighted by atomic mass is 9.86. The topological polar surface area (TPSA) is 53.2 Å². The number of rotatable bonds is 1. The number of nitriles is 1. The van der Waals surface area contributed by atoms with Crippen LogP contribution in [0.3, 0.4) is 0 Å². The first-order valence-corrected chi connectivity index (χ1v) is 4.98. The molecule has 72 valence electrons. The Kier molecular flexibility index (Phi) is 2.85.